The lowest BCUT2D eigenvalue weighted by molar-refractivity contribution is -0.122. The molecule has 0 aliphatic carbocycles. The Labute approximate surface area is 215 Å². The van der Waals surface area contributed by atoms with Gasteiger partial charge in [0.15, 0.2) is 0 Å². The lowest BCUT2D eigenvalue weighted by Gasteiger charge is -2.27. The van der Waals surface area contributed by atoms with Crippen molar-refractivity contribution in [2.24, 2.45) is 0 Å². The van der Waals surface area contributed by atoms with Gasteiger partial charge in [-0.3, -0.25) is 4.79 Å². The first kappa shape index (κ1) is 27.0. The van der Waals surface area contributed by atoms with Gasteiger partial charge >= 0.3 is 6.03 Å². The molecule has 3 amide bonds. The average Bonchev–Trinajstić information content (AvgIpc) is 2.80. The number of carbonyl (C=O) groups is 2. The molecule has 0 fully saturated rings. The summed E-state index contributed by atoms with van der Waals surface area (Å²) in [6, 6.07) is 19.3. The number of rotatable bonds is 7. The van der Waals surface area contributed by atoms with Crippen LogP contribution in [0.25, 0.3) is 10.8 Å². The molecule has 3 aromatic rings. The highest BCUT2D eigenvalue weighted by Gasteiger charge is 2.25. The molecule has 190 valence electrons. The molecule has 0 bridgehead atoms. The van der Waals surface area contributed by atoms with Crippen LogP contribution in [0.1, 0.15) is 58.2 Å². The number of carbonyl (C=O) groups excluding carboxylic acids is 2. The quantitative estimate of drug-likeness (QED) is 0.336. The first-order valence-corrected chi connectivity index (χ1v) is 12.5. The Morgan fingerprint density at radius 1 is 0.889 bits per heavy atom. The van der Waals surface area contributed by atoms with Crippen LogP contribution in [0.3, 0.4) is 0 Å². The minimum Gasteiger partial charge on any atom is -0.351 e. The largest absolute Gasteiger partial charge is 0.351 e. The summed E-state index contributed by atoms with van der Waals surface area (Å²) < 4.78 is 0. The van der Waals surface area contributed by atoms with E-state index in [0.29, 0.717) is 13.0 Å². The van der Waals surface area contributed by atoms with Crippen molar-refractivity contribution in [3.8, 4) is 0 Å². The van der Waals surface area contributed by atoms with Crippen LogP contribution in [0.5, 0.6) is 0 Å². The van der Waals surface area contributed by atoms with E-state index in [2.05, 4.69) is 88.3 Å². The SMILES string of the molecule is C=CCNC(=O)[C@@H](Cc1ccc2ccccc2c1)NC(=O)Nc1cc(C(C)(C)C)ccc1C(C)(C)C. The predicted octanol–water partition coefficient (Wildman–Crippen LogP) is 6.47. The van der Waals surface area contributed by atoms with Gasteiger partial charge in [-0.2, -0.15) is 0 Å². The Bertz CT molecular complexity index is 1250. The molecule has 0 radical (unpaired) electrons. The molecule has 3 aromatic carbocycles. The zero-order valence-corrected chi connectivity index (χ0v) is 22.4. The molecule has 0 saturated carbocycles. The second kappa shape index (κ2) is 11.0. The molecule has 0 saturated heterocycles. The first-order chi connectivity index (χ1) is 16.9. The number of hydrogen-bond acceptors (Lipinski definition) is 2. The molecule has 5 nitrogen and oxygen atoms in total. The topological polar surface area (TPSA) is 70.2 Å². The second-order valence-electron chi connectivity index (χ2n) is 11.3. The van der Waals surface area contributed by atoms with Crippen molar-refractivity contribution >= 4 is 28.4 Å². The molecule has 3 rings (SSSR count). The molecule has 0 aliphatic heterocycles. The van der Waals surface area contributed by atoms with Crippen LogP contribution >= 0.6 is 0 Å². The Morgan fingerprint density at radius 2 is 1.58 bits per heavy atom. The van der Waals surface area contributed by atoms with Crippen LogP contribution in [-0.2, 0) is 22.0 Å². The minimum absolute atomic E-state index is 0.0630. The van der Waals surface area contributed by atoms with E-state index >= 15 is 0 Å². The van der Waals surface area contributed by atoms with E-state index in [1.807, 2.05) is 36.4 Å². The highest BCUT2D eigenvalue weighted by Crippen LogP contribution is 2.34. The van der Waals surface area contributed by atoms with E-state index in [1.165, 1.54) is 0 Å². The van der Waals surface area contributed by atoms with E-state index < -0.39 is 12.1 Å². The summed E-state index contributed by atoms with van der Waals surface area (Å²) in [6.45, 7) is 16.8. The molecular formula is C31H39N3O2. The molecular weight excluding hydrogens is 446 g/mol. The van der Waals surface area contributed by atoms with Crippen LogP contribution in [0, 0.1) is 0 Å². The van der Waals surface area contributed by atoms with Crippen molar-refractivity contribution in [2.75, 3.05) is 11.9 Å². The first-order valence-electron chi connectivity index (χ1n) is 12.5. The molecule has 0 spiro atoms. The maximum Gasteiger partial charge on any atom is 0.319 e. The summed E-state index contributed by atoms with van der Waals surface area (Å²) in [7, 11) is 0. The van der Waals surface area contributed by atoms with Gasteiger partial charge in [-0.1, -0.05) is 102 Å². The number of anilines is 1. The van der Waals surface area contributed by atoms with Crippen molar-refractivity contribution in [3.05, 3.63) is 90.0 Å². The standard InChI is InChI=1S/C31H39N3O2/c1-8-17-32-28(35)27(19-21-13-14-22-11-9-10-12-23(22)18-21)34-29(36)33-26-20-24(30(2,3)4)15-16-25(26)31(5,6)7/h8-16,18,20,27H,1,17,19H2,2-7H3,(H,32,35)(H2,33,34,36)/t27-/m1/s1. The molecule has 5 heteroatoms. The Morgan fingerprint density at radius 3 is 2.22 bits per heavy atom. The lowest BCUT2D eigenvalue weighted by atomic mass is 9.81. The van der Waals surface area contributed by atoms with Gasteiger partial charge in [0, 0.05) is 18.7 Å². The van der Waals surface area contributed by atoms with Crippen LogP contribution < -0.4 is 16.0 Å². The van der Waals surface area contributed by atoms with Crippen molar-refractivity contribution < 1.29 is 9.59 Å². The Hall–Kier alpha value is -3.60. The minimum atomic E-state index is -0.741. The molecule has 0 unspecified atom stereocenters. The lowest BCUT2D eigenvalue weighted by Crippen LogP contribution is -2.49. The third-order valence-corrected chi connectivity index (χ3v) is 6.24. The second-order valence-corrected chi connectivity index (χ2v) is 11.3. The number of hydrogen-bond donors (Lipinski definition) is 3. The van der Waals surface area contributed by atoms with Gasteiger partial charge in [0.1, 0.15) is 6.04 Å². The van der Waals surface area contributed by atoms with Crippen molar-refractivity contribution in [1.29, 1.82) is 0 Å². The number of urea groups is 1. The summed E-state index contributed by atoms with van der Waals surface area (Å²) in [5.41, 5.74) is 3.66. The maximum absolute atomic E-state index is 13.2. The van der Waals surface area contributed by atoms with Crippen molar-refractivity contribution in [1.82, 2.24) is 10.6 Å². The third-order valence-electron chi connectivity index (χ3n) is 6.24. The number of fused-ring (bicyclic) bond motifs is 1. The normalized spacial score (nSPS) is 12.6. The Kier molecular flexibility index (Phi) is 8.24. The summed E-state index contributed by atoms with van der Waals surface area (Å²) in [6.07, 6.45) is 1.99. The fourth-order valence-electron chi connectivity index (χ4n) is 4.19. The Balaban J connectivity index is 1.86. The molecule has 1 atom stereocenters. The van der Waals surface area contributed by atoms with Gasteiger partial charge in [-0.25, -0.2) is 4.79 Å². The molecule has 0 heterocycles. The van der Waals surface area contributed by atoms with E-state index in [0.717, 1.165) is 33.2 Å². The van der Waals surface area contributed by atoms with E-state index in [9.17, 15) is 9.59 Å². The zero-order valence-electron chi connectivity index (χ0n) is 22.4. The summed E-state index contributed by atoms with van der Waals surface area (Å²) in [5.74, 6) is -0.252. The zero-order chi connectivity index (χ0) is 26.5. The van der Waals surface area contributed by atoms with Crippen molar-refractivity contribution in [3.63, 3.8) is 0 Å². The van der Waals surface area contributed by atoms with E-state index in [1.54, 1.807) is 6.08 Å². The van der Waals surface area contributed by atoms with Crippen LogP contribution in [0.4, 0.5) is 10.5 Å². The fraction of sp³-hybridized carbons (Fsp3) is 0.355. The molecule has 3 N–H and O–H groups in total. The molecule has 0 aromatic heterocycles. The summed E-state index contributed by atoms with van der Waals surface area (Å²) in [4.78, 5) is 26.2. The predicted molar refractivity (Wildman–Crippen MR) is 151 cm³/mol. The van der Waals surface area contributed by atoms with Gasteiger partial charge in [0.25, 0.3) is 0 Å². The summed E-state index contributed by atoms with van der Waals surface area (Å²) in [5, 5.41) is 11.0. The monoisotopic (exact) mass is 485 g/mol. The maximum atomic E-state index is 13.2. The molecule has 36 heavy (non-hydrogen) atoms. The van der Waals surface area contributed by atoms with Gasteiger partial charge in [-0.15, -0.1) is 6.58 Å². The van der Waals surface area contributed by atoms with Gasteiger partial charge in [-0.05, 0) is 44.4 Å². The van der Waals surface area contributed by atoms with Crippen molar-refractivity contribution in [2.45, 2.75) is 64.8 Å². The highest BCUT2D eigenvalue weighted by atomic mass is 16.2. The van der Waals surface area contributed by atoms with Crippen LogP contribution in [0.2, 0.25) is 0 Å². The van der Waals surface area contributed by atoms with Gasteiger partial charge in [0.05, 0.1) is 0 Å². The van der Waals surface area contributed by atoms with Crippen LogP contribution in [-0.4, -0.2) is 24.5 Å². The smallest absolute Gasteiger partial charge is 0.319 e. The van der Waals surface area contributed by atoms with Crippen LogP contribution in [0.15, 0.2) is 73.3 Å². The average molecular weight is 486 g/mol. The van der Waals surface area contributed by atoms with Gasteiger partial charge < -0.3 is 16.0 Å². The number of amides is 3. The number of benzene rings is 3. The van der Waals surface area contributed by atoms with E-state index in [4.69, 9.17) is 0 Å². The fourth-order valence-corrected chi connectivity index (χ4v) is 4.19. The molecule has 0 aliphatic rings. The van der Waals surface area contributed by atoms with Gasteiger partial charge in [0.2, 0.25) is 5.91 Å². The summed E-state index contributed by atoms with van der Waals surface area (Å²) >= 11 is 0. The number of nitrogens with one attached hydrogen (secondary N) is 3. The third kappa shape index (κ3) is 6.97. The van der Waals surface area contributed by atoms with E-state index in [-0.39, 0.29) is 16.7 Å². The highest BCUT2D eigenvalue weighted by molar-refractivity contribution is 5.95.